The van der Waals surface area contributed by atoms with Gasteiger partial charge in [0.15, 0.2) is 0 Å². The fourth-order valence-electron chi connectivity index (χ4n) is 3.21. The predicted molar refractivity (Wildman–Crippen MR) is 78.3 cm³/mol. The Hall–Kier alpha value is -0.610. The van der Waals surface area contributed by atoms with Gasteiger partial charge in [0.25, 0.3) is 0 Å². The van der Waals surface area contributed by atoms with Gasteiger partial charge in [-0.05, 0) is 43.9 Å². The summed E-state index contributed by atoms with van der Waals surface area (Å²) in [5.74, 6) is 1.10. The molecule has 0 spiro atoms. The molecule has 1 heterocycles. The fraction of sp³-hybridized carbons (Fsp3) is 0.938. The molecule has 2 aliphatic rings. The molecule has 0 aromatic rings. The summed E-state index contributed by atoms with van der Waals surface area (Å²) < 4.78 is 5.29. The molecule has 0 bridgehead atoms. The third kappa shape index (κ3) is 4.45. The van der Waals surface area contributed by atoms with Gasteiger partial charge in [-0.2, -0.15) is 0 Å². The third-order valence-electron chi connectivity index (χ3n) is 4.38. The van der Waals surface area contributed by atoms with E-state index >= 15 is 0 Å². The van der Waals surface area contributed by atoms with Gasteiger partial charge in [-0.1, -0.05) is 20.8 Å². The van der Waals surface area contributed by atoms with E-state index in [0.29, 0.717) is 31.5 Å². The second kappa shape index (κ2) is 6.02. The van der Waals surface area contributed by atoms with Crippen molar-refractivity contribution < 1.29 is 14.6 Å². The van der Waals surface area contributed by atoms with Crippen molar-refractivity contribution in [3.05, 3.63) is 0 Å². The van der Waals surface area contributed by atoms with Crippen LogP contribution in [0.1, 0.15) is 59.3 Å². The standard InChI is InChI=1S/C16H29NO3/c1-12(2)8-15(10-20-11-15)17-14(18)5-4-13(3)9-16(19)6-7-16/h12-13,19H,4-11H2,1-3H3,(H,17,18)/t13-/m0/s1. The van der Waals surface area contributed by atoms with E-state index in [1.807, 2.05) is 0 Å². The normalized spacial score (nSPS) is 24.1. The van der Waals surface area contributed by atoms with Crippen LogP contribution in [0.4, 0.5) is 0 Å². The van der Waals surface area contributed by atoms with Gasteiger partial charge in [0.1, 0.15) is 0 Å². The van der Waals surface area contributed by atoms with Crippen molar-refractivity contribution >= 4 is 5.91 Å². The Kier molecular flexibility index (Phi) is 4.75. The van der Waals surface area contributed by atoms with Gasteiger partial charge in [-0.25, -0.2) is 0 Å². The summed E-state index contributed by atoms with van der Waals surface area (Å²) in [7, 11) is 0. The Morgan fingerprint density at radius 3 is 2.35 bits per heavy atom. The molecule has 0 unspecified atom stereocenters. The quantitative estimate of drug-likeness (QED) is 0.718. The number of hydrogen-bond donors (Lipinski definition) is 2. The van der Waals surface area contributed by atoms with E-state index in [4.69, 9.17) is 4.74 Å². The lowest BCUT2D eigenvalue weighted by Gasteiger charge is -2.43. The van der Waals surface area contributed by atoms with E-state index in [-0.39, 0.29) is 11.4 Å². The summed E-state index contributed by atoms with van der Waals surface area (Å²) in [6, 6.07) is 0. The first kappa shape index (κ1) is 15.8. The van der Waals surface area contributed by atoms with E-state index in [1.165, 1.54) is 0 Å². The Morgan fingerprint density at radius 1 is 1.25 bits per heavy atom. The summed E-state index contributed by atoms with van der Waals surface area (Å²) in [4.78, 5) is 12.1. The van der Waals surface area contributed by atoms with Crippen molar-refractivity contribution in [1.29, 1.82) is 0 Å². The third-order valence-corrected chi connectivity index (χ3v) is 4.38. The van der Waals surface area contributed by atoms with Crippen molar-refractivity contribution in [2.24, 2.45) is 11.8 Å². The Balaban J connectivity index is 1.69. The van der Waals surface area contributed by atoms with Gasteiger partial charge in [0.2, 0.25) is 5.91 Å². The van der Waals surface area contributed by atoms with Crippen LogP contribution in [0, 0.1) is 11.8 Å². The van der Waals surface area contributed by atoms with Crippen LogP contribution < -0.4 is 5.32 Å². The Morgan fingerprint density at radius 2 is 1.90 bits per heavy atom. The second-order valence-electron chi connectivity index (χ2n) is 7.49. The second-order valence-corrected chi connectivity index (χ2v) is 7.49. The minimum atomic E-state index is -0.406. The van der Waals surface area contributed by atoms with E-state index in [2.05, 4.69) is 26.1 Å². The number of aliphatic hydroxyl groups is 1. The first-order valence-electron chi connectivity index (χ1n) is 7.94. The zero-order chi connectivity index (χ0) is 14.8. The van der Waals surface area contributed by atoms with E-state index in [0.717, 1.165) is 32.1 Å². The van der Waals surface area contributed by atoms with Crippen molar-refractivity contribution in [2.75, 3.05) is 13.2 Å². The van der Waals surface area contributed by atoms with Gasteiger partial charge >= 0.3 is 0 Å². The first-order valence-corrected chi connectivity index (χ1v) is 7.94. The van der Waals surface area contributed by atoms with E-state index in [1.54, 1.807) is 0 Å². The maximum absolute atomic E-state index is 12.1. The predicted octanol–water partition coefficient (Wildman–Crippen LogP) is 2.25. The molecule has 0 aromatic heterocycles. The highest BCUT2D eigenvalue weighted by Crippen LogP contribution is 2.41. The van der Waals surface area contributed by atoms with Crippen LogP contribution in [0.2, 0.25) is 0 Å². The maximum atomic E-state index is 12.1. The first-order chi connectivity index (χ1) is 9.33. The summed E-state index contributed by atoms with van der Waals surface area (Å²) >= 11 is 0. The molecule has 2 fully saturated rings. The molecule has 0 aromatic carbocycles. The molecule has 2 N–H and O–H groups in total. The molecule has 4 nitrogen and oxygen atoms in total. The molecule has 1 saturated carbocycles. The molecule has 1 amide bonds. The van der Waals surface area contributed by atoms with Crippen LogP contribution in [0.15, 0.2) is 0 Å². The van der Waals surface area contributed by atoms with E-state index < -0.39 is 5.60 Å². The van der Waals surface area contributed by atoms with Gasteiger partial charge in [0.05, 0.1) is 24.4 Å². The Bertz CT molecular complexity index is 346. The summed E-state index contributed by atoms with van der Waals surface area (Å²) in [6.07, 6.45) is 5.08. The van der Waals surface area contributed by atoms with Gasteiger partial charge in [-0.15, -0.1) is 0 Å². The zero-order valence-corrected chi connectivity index (χ0v) is 13.1. The molecule has 2 rings (SSSR count). The lowest BCUT2D eigenvalue weighted by molar-refractivity contribution is -0.134. The summed E-state index contributed by atoms with van der Waals surface area (Å²) in [5.41, 5.74) is -0.528. The van der Waals surface area contributed by atoms with Crippen molar-refractivity contribution in [3.8, 4) is 0 Å². The lowest BCUT2D eigenvalue weighted by atomic mass is 9.86. The van der Waals surface area contributed by atoms with Crippen molar-refractivity contribution in [3.63, 3.8) is 0 Å². The van der Waals surface area contributed by atoms with Gasteiger partial charge in [-0.3, -0.25) is 4.79 Å². The van der Waals surface area contributed by atoms with Crippen LogP contribution in [0.3, 0.4) is 0 Å². The number of hydrogen-bond acceptors (Lipinski definition) is 3. The van der Waals surface area contributed by atoms with Crippen molar-refractivity contribution in [2.45, 2.75) is 70.4 Å². The average Bonchev–Trinajstić information content (AvgIpc) is 3.00. The summed E-state index contributed by atoms with van der Waals surface area (Å²) in [6.45, 7) is 7.76. The zero-order valence-electron chi connectivity index (χ0n) is 13.1. The topological polar surface area (TPSA) is 58.6 Å². The number of ether oxygens (including phenoxy) is 1. The molecule has 1 saturated heterocycles. The molecular formula is C16H29NO3. The molecular weight excluding hydrogens is 254 g/mol. The van der Waals surface area contributed by atoms with Gasteiger partial charge in [0, 0.05) is 6.42 Å². The SMILES string of the molecule is CC(C)CC1(NC(=O)CC[C@H](C)CC2(O)CC2)COC1. The molecule has 20 heavy (non-hydrogen) atoms. The molecule has 4 heteroatoms. The highest BCUT2D eigenvalue weighted by molar-refractivity contribution is 5.77. The molecule has 1 aliphatic carbocycles. The minimum absolute atomic E-state index is 0.122. The van der Waals surface area contributed by atoms with Crippen LogP contribution in [-0.2, 0) is 9.53 Å². The highest BCUT2D eigenvalue weighted by Gasteiger charge is 2.42. The number of rotatable bonds is 8. The minimum Gasteiger partial charge on any atom is -0.390 e. The van der Waals surface area contributed by atoms with Gasteiger partial charge < -0.3 is 15.2 Å². The largest absolute Gasteiger partial charge is 0.390 e. The van der Waals surface area contributed by atoms with Crippen LogP contribution in [0.25, 0.3) is 0 Å². The van der Waals surface area contributed by atoms with Crippen LogP contribution in [0.5, 0.6) is 0 Å². The number of amides is 1. The molecule has 116 valence electrons. The summed E-state index contributed by atoms with van der Waals surface area (Å²) in [5, 5.41) is 13.0. The lowest BCUT2D eigenvalue weighted by Crippen LogP contribution is -2.62. The number of carbonyl (C=O) groups excluding carboxylic acids is 1. The van der Waals surface area contributed by atoms with Crippen molar-refractivity contribution in [1.82, 2.24) is 5.32 Å². The monoisotopic (exact) mass is 283 g/mol. The molecule has 1 aliphatic heterocycles. The highest BCUT2D eigenvalue weighted by atomic mass is 16.5. The molecule has 0 radical (unpaired) electrons. The number of carbonyl (C=O) groups is 1. The van der Waals surface area contributed by atoms with Crippen LogP contribution in [-0.4, -0.2) is 35.4 Å². The van der Waals surface area contributed by atoms with Crippen LogP contribution >= 0.6 is 0 Å². The van der Waals surface area contributed by atoms with E-state index in [9.17, 15) is 9.90 Å². The number of nitrogens with one attached hydrogen (secondary N) is 1. The maximum Gasteiger partial charge on any atom is 0.220 e. The molecule has 1 atom stereocenters. The Labute approximate surface area is 122 Å². The smallest absolute Gasteiger partial charge is 0.220 e. The average molecular weight is 283 g/mol. The fourth-order valence-corrected chi connectivity index (χ4v) is 3.21.